The van der Waals surface area contributed by atoms with Crippen molar-refractivity contribution in [2.75, 3.05) is 19.5 Å². The van der Waals surface area contributed by atoms with Crippen LogP contribution in [0, 0.1) is 0 Å². The van der Waals surface area contributed by atoms with E-state index in [1.54, 1.807) is 11.5 Å². The van der Waals surface area contributed by atoms with Gasteiger partial charge in [0, 0.05) is 7.11 Å². The summed E-state index contributed by atoms with van der Waals surface area (Å²) in [6.45, 7) is 1.42. The van der Waals surface area contributed by atoms with Gasteiger partial charge in [-0.05, 0) is 6.92 Å². The highest BCUT2D eigenvalue weighted by Gasteiger charge is 2.54. The number of rotatable bonds is 3. The van der Waals surface area contributed by atoms with Crippen LogP contribution in [0.2, 0.25) is 0 Å². The topological polar surface area (TPSA) is 129 Å². The van der Waals surface area contributed by atoms with Crippen molar-refractivity contribution in [3.63, 3.8) is 0 Å². The quantitative estimate of drug-likeness (QED) is 0.647. The van der Waals surface area contributed by atoms with Gasteiger partial charge in [0.05, 0.1) is 12.9 Å². The first-order valence-corrected chi connectivity index (χ1v) is 6.46. The number of ether oxygens (including phenoxy) is 2. The second-order valence-electron chi connectivity index (χ2n) is 5.09. The second-order valence-corrected chi connectivity index (χ2v) is 5.09. The molecule has 0 aromatic carbocycles. The van der Waals surface area contributed by atoms with Crippen LogP contribution < -0.4 is 5.73 Å². The van der Waals surface area contributed by atoms with Crippen molar-refractivity contribution >= 4 is 17.0 Å². The maximum Gasteiger partial charge on any atom is 0.174 e. The average molecular weight is 295 g/mol. The highest BCUT2D eigenvalue weighted by Crippen LogP contribution is 2.38. The number of methoxy groups -OCH3 is 1. The number of aliphatic hydroxyl groups excluding tert-OH is 2. The zero-order valence-electron chi connectivity index (χ0n) is 11.7. The van der Waals surface area contributed by atoms with Gasteiger partial charge in [-0.15, -0.1) is 0 Å². The van der Waals surface area contributed by atoms with Crippen molar-refractivity contribution in [1.82, 2.24) is 19.5 Å². The van der Waals surface area contributed by atoms with Crippen LogP contribution in [0.4, 0.5) is 5.82 Å². The summed E-state index contributed by atoms with van der Waals surface area (Å²) in [6.07, 6.45) is 0.422. The fourth-order valence-electron chi connectivity index (χ4n) is 2.83. The van der Waals surface area contributed by atoms with E-state index in [2.05, 4.69) is 15.0 Å². The van der Waals surface area contributed by atoms with Crippen LogP contribution in [0.3, 0.4) is 0 Å². The maximum atomic E-state index is 10.2. The van der Waals surface area contributed by atoms with Crippen LogP contribution in [0.25, 0.3) is 11.2 Å². The van der Waals surface area contributed by atoms with Gasteiger partial charge in [0.25, 0.3) is 0 Å². The van der Waals surface area contributed by atoms with Gasteiger partial charge in [-0.3, -0.25) is 4.57 Å². The monoisotopic (exact) mass is 295 g/mol. The Morgan fingerprint density at radius 3 is 2.90 bits per heavy atom. The first kappa shape index (κ1) is 14.1. The van der Waals surface area contributed by atoms with E-state index < -0.39 is 24.0 Å². The molecule has 2 aromatic heterocycles. The fraction of sp³-hybridized carbons (Fsp3) is 0.583. The third-order valence-electron chi connectivity index (χ3n) is 3.88. The van der Waals surface area contributed by atoms with Crippen LogP contribution in [-0.2, 0) is 15.2 Å². The lowest BCUT2D eigenvalue weighted by Gasteiger charge is -2.31. The van der Waals surface area contributed by atoms with E-state index in [9.17, 15) is 10.2 Å². The average Bonchev–Trinajstić information content (AvgIpc) is 3.00. The lowest BCUT2D eigenvalue weighted by Crippen LogP contribution is -2.44. The molecule has 0 bridgehead atoms. The van der Waals surface area contributed by atoms with Crippen molar-refractivity contribution in [3.8, 4) is 0 Å². The van der Waals surface area contributed by atoms with E-state index in [0.717, 1.165) is 0 Å². The standard InChI is InChI=1S/C12H17N5O4/c1-12(9(20-2)8(19)6(3-18)21-12)17-5-16-7-10(13)14-4-15-11(7)17/h4-6,8-9,18-19H,3H2,1-2H3,(H2,13,14,15)/t6-,8-,9-,12-/m1/s1. The van der Waals surface area contributed by atoms with Gasteiger partial charge in [0.1, 0.15) is 30.2 Å². The Balaban J connectivity index is 2.14. The first-order chi connectivity index (χ1) is 10.0. The van der Waals surface area contributed by atoms with E-state index >= 15 is 0 Å². The number of fused-ring (bicyclic) bond motifs is 1. The molecule has 4 N–H and O–H groups in total. The van der Waals surface area contributed by atoms with E-state index in [-0.39, 0.29) is 12.4 Å². The van der Waals surface area contributed by atoms with Crippen LogP contribution in [0.5, 0.6) is 0 Å². The predicted molar refractivity (Wildman–Crippen MR) is 72.1 cm³/mol. The molecule has 3 rings (SSSR count). The number of imidazole rings is 1. The molecule has 0 saturated carbocycles. The van der Waals surface area contributed by atoms with Crippen LogP contribution >= 0.6 is 0 Å². The van der Waals surface area contributed by atoms with Crippen molar-refractivity contribution in [2.24, 2.45) is 0 Å². The molecule has 4 atom stereocenters. The van der Waals surface area contributed by atoms with Crippen molar-refractivity contribution in [3.05, 3.63) is 12.7 Å². The highest BCUT2D eigenvalue weighted by atomic mass is 16.6. The number of nitrogens with zero attached hydrogens (tertiary/aromatic N) is 4. The Morgan fingerprint density at radius 1 is 1.48 bits per heavy atom. The summed E-state index contributed by atoms with van der Waals surface area (Å²) in [5.74, 6) is 0.258. The van der Waals surface area contributed by atoms with Crippen molar-refractivity contribution in [1.29, 1.82) is 0 Å². The number of anilines is 1. The summed E-state index contributed by atoms with van der Waals surface area (Å²) >= 11 is 0. The molecule has 0 amide bonds. The molecule has 21 heavy (non-hydrogen) atoms. The molecule has 114 valence electrons. The number of aromatic nitrogens is 4. The molecule has 0 aliphatic carbocycles. The smallest absolute Gasteiger partial charge is 0.174 e. The molecule has 9 nitrogen and oxygen atoms in total. The Labute approximate surface area is 120 Å². The molecule has 2 aromatic rings. The fourth-order valence-corrected chi connectivity index (χ4v) is 2.83. The highest BCUT2D eigenvalue weighted by molar-refractivity contribution is 5.81. The molecule has 1 saturated heterocycles. The van der Waals surface area contributed by atoms with E-state index in [4.69, 9.17) is 15.2 Å². The molecule has 1 aliphatic heterocycles. The lowest BCUT2D eigenvalue weighted by atomic mass is 10.0. The van der Waals surface area contributed by atoms with E-state index in [0.29, 0.717) is 11.2 Å². The Morgan fingerprint density at radius 2 is 2.24 bits per heavy atom. The second kappa shape index (κ2) is 4.88. The van der Waals surface area contributed by atoms with Crippen molar-refractivity contribution in [2.45, 2.75) is 31.0 Å². The molecule has 0 unspecified atom stereocenters. The van der Waals surface area contributed by atoms with E-state index in [1.807, 2.05) is 0 Å². The third-order valence-corrected chi connectivity index (χ3v) is 3.88. The minimum absolute atomic E-state index is 0.258. The normalized spacial score (nSPS) is 32.9. The van der Waals surface area contributed by atoms with Gasteiger partial charge in [-0.25, -0.2) is 15.0 Å². The predicted octanol–water partition coefficient (Wildman–Crippen LogP) is -1.15. The third kappa shape index (κ3) is 1.89. The number of hydrogen-bond acceptors (Lipinski definition) is 8. The van der Waals surface area contributed by atoms with Gasteiger partial charge in [0.15, 0.2) is 17.2 Å². The van der Waals surface area contributed by atoms with Crippen LogP contribution in [-0.4, -0.2) is 61.8 Å². The molecular formula is C12H17N5O4. The van der Waals surface area contributed by atoms with Gasteiger partial charge < -0.3 is 25.4 Å². The van der Waals surface area contributed by atoms with E-state index in [1.165, 1.54) is 19.8 Å². The van der Waals surface area contributed by atoms with Gasteiger partial charge in [-0.2, -0.15) is 0 Å². The summed E-state index contributed by atoms with van der Waals surface area (Å²) in [6, 6.07) is 0. The van der Waals surface area contributed by atoms with Crippen LogP contribution in [0.1, 0.15) is 6.92 Å². The summed E-state index contributed by atoms with van der Waals surface area (Å²) in [5.41, 5.74) is 5.61. The molecule has 0 radical (unpaired) electrons. The summed E-state index contributed by atoms with van der Waals surface area (Å²) in [5, 5.41) is 19.5. The molecular weight excluding hydrogens is 278 g/mol. The number of hydrogen-bond donors (Lipinski definition) is 3. The van der Waals surface area contributed by atoms with Crippen molar-refractivity contribution < 1.29 is 19.7 Å². The molecule has 1 aliphatic rings. The molecule has 3 heterocycles. The summed E-state index contributed by atoms with van der Waals surface area (Å²) in [4.78, 5) is 12.2. The van der Waals surface area contributed by atoms with Gasteiger partial charge >= 0.3 is 0 Å². The molecule has 1 fully saturated rings. The minimum atomic E-state index is -1.07. The lowest BCUT2D eigenvalue weighted by molar-refractivity contribution is -0.140. The maximum absolute atomic E-state index is 10.2. The Kier molecular flexibility index (Phi) is 3.29. The van der Waals surface area contributed by atoms with Crippen LogP contribution in [0.15, 0.2) is 12.7 Å². The Bertz CT molecular complexity index is 662. The number of aliphatic hydroxyl groups is 2. The Hall–Kier alpha value is -1.81. The summed E-state index contributed by atoms with van der Waals surface area (Å²) < 4.78 is 12.8. The molecule has 0 spiro atoms. The summed E-state index contributed by atoms with van der Waals surface area (Å²) in [7, 11) is 1.47. The largest absolute Gasteiger partial charge is 0.394 e. The molecule has 9 heteroatoms. The number of nitrogens with two attached hydrogens (primary N) is 1. The van der Waals surface area contributed by atoms with Gasteiger partial charge in [0.2, 0.25) is 0 Å². The zero-order valence-corrected chi connectivity index (χ0v) is 11.7. The minimum Gasteiger partial charge on any atom is -0.394 e. The first-order valence-electron chi connectivity index (χ1n) is 6.46. The SMILES string of the molecule is CO[C@@H]1[C@H](O)[C@@H](CO)O[C@@]1(C)n1cnc2c(N)ncnc21. The zero-order chi connectivity index (χ0) is 15.2. The number of nitrogen functional groups attached to an aromatic ring is 1. The van der Waals surface area contributed by atoms with Gasteiger partial charge in [-0.1, -0.05) is 0 Å².